The lowest BCUT2D eigenvalue weighted by Crippen LogP contribution is -2.45. The van der Waals surface area contributed by atoms with Gasteiger partial charge in [0.2, 0.25) is 5.82 Å². The second-order valence-corrected chi connectivity index (χ2v) is 13.9. The van der Waals surface area contributed by atoms with Gasteiger partial charge in [-0.3, -0.25) is 14.6 Å². The molecule has 250 valence electrons. The molecule has 47 heavy (non-hydrogen) atoms. The normalized spacial score (nSPS) is 19.2. The number of halogens is 1. The molecule has 0 spiro atoms. The number of nitrogens with zero attached hydrogens (tertiary/aromatic N) is 3. The van der Waals surface area contributed by atoms with Crippen LogP contribution < -0.4 is 5.32 Å². The standard InChI is InChI=1S/C37H45FN4O5/c1-21(2)32-27(17-16-24-18-25(46-37(6,7)45-24)19-30(43)47-36(3,4)5)31(22-12-14-23(38)15-13-22)26-10-9-11-29-28(33(26)42-32)20-40-34(41-29)35(44)39-8/h12-17,20-21,24-25H,9-11,18-19H2,1-8H3,(H,39,44)/t24-,25-/m1/s1. The van der Waals surface area contributed by atoms with E-state index in [1.165, 1.54) is 12.1 Å². The molecule has 10 heteroatoms. The maximum absolute atomic E-state index is 14.2. The van der Waals surface area contributed by atoms with Crippen LogP contribution in [-0.4, -0.2) is 57.5 Å². The van der Waals surface area contributed by atoms with Crippen LogP contribution in [0.25, 0.3) is 28.5 Å². The molecule has 2 atom stereocenters. The number of aromatic nitrogens is 3. The molecule has 3 heterocycles. The Morgan fingerprint density at radius 3 is 2.51 bits per heavy atom. The van der Waals surface area contributed by atoms with Gasteiger partial charge in [-0.05, 0) is 88.6 Å². The van der Waals surface area contributed by atoms with Gasteiger partial charge in [-0.25, -0.2) is 14.4 Å². The highest BCUT2D eigenvalue weighted by atomic mass is 19.1. The monoisotopic (exact) mass is 644 g/mol. The minimum Gasteiger partial charge on any atom is -0.460 e. The van der Waals surface area contributed by atoms with E-state index in [2.05, 4.69) is 35.2 Å². The van der Waals surface area contributed by atoms with E-state index in [1.807, 2.05) is 40.7 Å². The van der Waals surface area contributed by atoms with E-state index < -0.39 is 11.4 Å². The van der Waals surface area contributed by atoms with Gasteiger partial charge in [-0.2, -0.15) is 0 Å². The minimum absolute atomic E-state index is 0.0314. The lowest BCUT2D eigenvalue weighted by atomic mass is 9.86. The zero-order valence-corrected chi connectivity index (χ0v) is 28.6. The van der Waals surface area contributed by atoms with Gasteiger partial charge in [0.15, 0.2) is 5.79 Å². The summed E-state index contributed by atoms with van der Waals surface area (Å²) in [4.78, 5) is 39.3. The molecule has 1 aliphatic carbocycles. The van der Waals surface area contributed by atoms with Crippen LogP contribution >= 0.6 is 0 Å². The molecule has 0 bridgehead atoms. The number of benzene rings is 1. The molecule has 1 N–H and O–H groups in total. The van der Waals surface area contributed by atoms with Crippen LogP contribution in [0.5, 0.6) is 0 Å². The highest BCUT2D eigenvalue weighted by Gasteiger charge is 2.36. The Bertz CT molecular complexity index is 1680. The predicted octanol–water partition coefficient (Wildman–Crippen LogP) is 6.97. The van der Waals surface area contributed by atoms with Crippen molar-refractivity contribution in [3.8, 4) is 22.4 Å². The van der Waals surface area contributed by atoms with E-state index in [9.17, 15) is 14.0 Å². The topological polar surface area (TPSA) is 113 Å². The molecule has 2 aliphatic rings. The highest BCUT2D eigenvalue weighted by molar-refractivity contribution is 5.91. The van der Waals surface area contributed by atoms with E-state index in [0.29, 0.717) is 19.3 Å². The molecular formula is C37H45FN4O5. The molecule has 1 aliphatic heterocycles. The molecule has 3 aromatic rings. The first-order chi connectivity index (χ1) is 22.1. The van der Waals surface area contributed by atoms with Crippen LogP contribution in [0.1, 0.15) is 107 Å². The van der Waals surface area contributed by atoms with Gasteiger partial charge < -0.3 is 19.5 Å². The number of pyridine rings is 1. The fourth-order valence-electron chi connectivity index (χ4n) is 6.30. The summed E-state index contributed by atoms with van der Waals surface area (Å²) in [5.41, 5.74) is 6.41. The maximum atomic E-state index is 14.2. The van der Waals surface area contributed by atoms with Crippen molar-refractivity contribution in [2.45, 2.75) is 110 Å². The van der Waals surface area contributed by atoms with Gasteiger partial charge in [0.25, 0.3) is 5.91 Å². The zero-order valence-electron chi connectivity index (χ0n) is 28.6. The number of rotatable bonds is 7. The molecule has 9 nitrogen and oxygen atoms in total. The summed E-state index contributed by atoms with van der Waals surface area (Å²) in [6, 6.07) is 6.54. The fraction of sp³-hybridized carbons (Fsp3) is 0.486. The summed E-state index contributed by atoms with van der Waals surface area (Å²) >= 11 is 0. The lowest BCUT2D eigenvalue weighted by Gasteiger charge is -2.39. The fourth-order valence-corrected chi connectivity index (χ4v) is 6.30. The average Bonchev–Trinajstić information content (AvgIpc) is 3.16. The number of aryl methyl sites for hydroxylation is 1. The third-order valence-electron chi connectivity index (χ3n) is 8.11. The van der Waals surface area contributed by atoms with E-state index in [1.54, 1.807) is 25.4 Å². The number of carbonyl (C=O) groups excluding carboxylic acids is 2. The average molecular weight is 645 g/mol. The number of ether oxygens (including phenoxy) is 3. The zero-order chi connectivity index (χ0) is 34.1. The van der Waals surface area contributed by atoms with Crippen molar-refractivity contribution in [3.05, 3.63) is 70.7 Å². The first-order valence-electron chi connectivity index (χ1n) is 16.3. The quantitative estimate of drug-likeness (QED) is 0.275. The molecule has 1 fully saturated rings. The summed E-state index contributed by atoms with van der Waals surface area (Å²) in [5.74, 6) is -1.73. The molecule has 1 saturated heterocycles. The summed E-state index contributed by atoms with van der Waals surface area (Å²) < 4.78 is 32.2. The second kappa shape index (κ2) is 13.6. The third-order valence-corrected chi connectivity index (χ3v) is 8.11. The van der Waals surface area contributed by atoms with Crippen LogP contribution in [0, 0.1) is 5.82 Å². The van der Waals surface area contributed by atoms with Crippen LogP contribution in [0.15, 0.2) is 36.5 Å². The Balaban J connectivity index is 1.61. The largest absolute Gasteiger partial charge is 0.460 e. The molecule has 5 rings (SSSR count). The Morgan fingerprint density at radius 1 is 1.13 bits per heavy atom. The van der Waals surface area contributed by atoms with Gasteiger partial charge in [-0.1, -0.05) is 38.1 Å². The van der Waals surface area contributed by atoms with E-state index in [0.717, 1.165) is 51.3 Å². The number of amides is 1. The number of hydrogen-bond acceptors (Lipinski definition) is 8. The van der Waals surface area contributed by atoms with E-state index in [4.69, 9.17) is 19.2 Å². The first-order valence-corrected chi connectivity index (χ1v) is 16.3. The number of carbonyl (C=O) groups is 2. The van der Waals surface area contributed by atoms with Crippen molar-refractivity contribution in [2.75, 3.05) is 7.05 Å². The highest BCUT2D eigenvalue weighted by Crippen LogP contribution is 2.42. The Hall–Kier alpha value is -4.02. The van der Waals surface area contributed by atoms with Crippen molar-refractivity contribution >= 4 is 18.0 Å². The Kier molecular flexibility index (Phi) is 9.94. The second-order valence-electron chi connectivity index (χ2n) is 13.9. The molecule has 0 unspecified atom stereocenters. The molecule has 1 amide bonds. The molecule has 1 aromatic carbocycles. The van der Waals surface area contributed by atoms with Crippen molar-refractivity contribution in [1.29, 1.82) is 0 Å². The van der Waals surface area contributed by atoms with Gasteiger partial charge >= 0.3 is 5.97 Å². The van der Waals surface area contributed by atoms with Gasteiger partial charge in [-0.15, -0.1) is 0 Å². The minimum atomic E-state index is -0.913. The summed E-state index contributed by atoms with van der Waals surface area (Å²) in [6.07, 6.45) is 7.77. The van der Waals surface area contributed by atoms with Gasteiger partial charge in [0, 0.05) is 30.8 Å². The first kappa shape index (κ1) is 34.3. The maximum Gasteiger partial charge on any atom is 0.308 e. The van der Waals surface area contributed by atoms with Crippen LogP contribution in [-0.2, 0) is 31.8 Å². The smallest absolute Gasteiger partial charge is 0.308 e. The summed E-state index contributed by atoms with van der Waals surface area (Å²) in [7, 11) is 1.56. The van der Waals surface area contributed by atoms with Crippen LogP contribution in [0.4, 0.5) is 4.39 Å². The molecule has 0 radical (unpaired) electrons. The predicted molar refractivity (Wildman–Crippen MR) is 178 cm³/mol. The summed E-state index contributed by atoms with van der Waals surface area (Å²) in [5, 5.41) is 2.60. The van der Waals surface area contributed by atoms with E-state index in [-0.39, 0.29) is 48.1 Å². The van der Waals surface area contributed by atoms with Crippen molar-refractivity contribution in [1.82, 2.24) is 20.3 Å². The van der Waals surface area contributed by atoms with Crippen molar-refractivity contribution < 1.29 is 28.2 Å². The van der Waals surface area contributed by atoms with Crippen molar-refractivity contribution in [3.63, 3.8) is 0 Å². The number of esters is 1. The van der Waals surface area contributed by atoms with Gasteiger partial charge in [0.05, 0.1) is 35.7 Å². The molecule has 2 aromatic heterocycles. The van der Waals surface area contributed by atoms with E-state index >= 15 is 0 Å². The molecular weight excluding hydrogens is 599 g/mol. The number of nitrogens with one attached hydrogen (secondary N) is 1. The Labute approximate surface area is 276 Å². The lowest BCUT2D eigenvalue weighted by molar-refractivity contribution is -0.290. The summed E-state index contributed by atoms with van der Waals surface area (Å²) in [6.45, 7) is 13.4. The SMILES string of the molecule is CNC(=O)c1ncc2c(n1)CCCc1c-2nc(C(C)C)c(C=C[C@@H]2C[C@H](CC(=O)OC(C)(C)C)OC(C)(C)O2)c1-c1ccc(F)cc1. The van der Waals surface area contributed by atoms with Crippen molar-refractivity contribution in [2.24, 2.45) is 0 Å². The van der Waals surface area contributed by atoms with Crippen LogP contribution in [0.3, 0.4) is 0 Å². The van der Waals surface area contributed by atoms with Gasteiger partial charge in [0.1, 0.15) is 11.4 Å². The molecule has 0 saturated carbocycles. The van der Waals surface area contributed by atoms with Crippen LogP contribution in [0.2, 0.25) is 0 Å². The third kappa shape index (κ3) is 8.11. The number of fused-ring (bicyclic) bond motifs is 3. The number of hydrogen-bond donors (Lipinski definition) is 1. The Morgan fingerprint density at radius 2 is 1.85 bits per heavy atom.